The molecule has 18 nitrogen and oxygen atoms in total. The topological polar surface area (TPSA) is 390 Å². The van der Waals surface area contributed by atoms with E-state index in [2.05, 4.69) is 20.8 Å². The maximum absolute atomic E-state index is 9.26. The maximum Gasteiger partial charge on any atom is 6.00 e. The molecule has 0 saturated heterocycles. The van der Waals surface area contributed by atoms with Crippen LogP contribution in [0.3, 0.4) is 0 Å². The van der Waals surface area contributed by atoms with Crippen LogP contribution in [0.1, 0.15) is 310 Å². The monoisotopic (exact) mass is 1330 g/mol. The molecule has 0 fully saturated rings. The molecule has 0 aromatic rings. The van der Waals surface area contributed by atoms with Crippen LogP contribution in [0.25, 0.3) is 0 Å². The van der Waals surface area contributed by atoms with Crippen LogP contribution in [-0.2, 0) is 21.1 Å². The van der Waals surface area contributed by atoms with Crippen molar-refractivity contribution in [1.29, 1.82) is 0 Å². The summed E-state index contributed by atoms with van der Waals surface area (Å²) in [4.78, 5) is 76.3. The van der Waals surface area contributed by atoms with E-state index in [4.69, 9.17) is 44.0 Å². The number of hydrogen-bond donors (Lipinski definition) is 9. The third-order valence-electron chi connectivity index (χ3n) is 15.2. The summed E-state index contributed by atoms with van der Waals surface area (Å²) in [6, 6.07) is 0. The molecule has 0 heterocycles. The Labute approximate surface area is 519 Å². The summed E-state index contributed by atoms with van der Waals surface area (Å²) < 4.78 is 0. The molecule has 0 saturated carbocycles. The Morgan fingerprint density at radius 3 is 0.366 bits per heavy atom. The zero-order valence-corrected chi connectivity index (χ0v) is 56.8. The van der Waals surface area contributed by atoms with Gasteiger partial charge in [0.15, 0.2) is 0 Å². The van der Waals surface area contributed by atoms with E-state index >= 15 is 0 Å². The van der Waals surface area contributed by atoms with Gasteiger partial charge in [0.25, 0.3) is 0 Å². The molecule has 0 radical (unpaired) electrons. The first-order chi connectivity index (χ1) is 38.9. The first-order valence-electron chi connectivity index (χ1n) is 31.9. The van der Waals surface area contributed by atoms with Gasteiger partial charge in [0.2, 0.25) is 0 Å². The maximum atomic E-state index is 9.26. The molecule has 22 heteroatoms. The van der Waals surface area contributed by atoms with Crippen LogP contribution in [0, 0.1) is 16.2 Å². The summed E-state index contributed by atoms with van der Waals surface area (Å²) >= 11 is 0. The summed E-state index contributed by atoms with van der Waals surface area (Å²) in [5.41, 5.74) is -2.01. The van der Waals surface area contributed by atoms with Crippen LogP contribution >= 0.6 is 25.8 Å². The summed E-state index contributed by atoms with van der Waals surface area (Å²) in [6.07, 6.45) is 57.8. The molecule has 0 spiro atoms. The molecule has 0 amide bonds. The number of aliphatic hydroxyl groups excluding tert-OH is 9. The quantitative estimate of drug-likeness (QED) is 0.0182. The van der Waals surface area contributed by atoms with Gasteiger partial charge in [-0.3, -0.25) is 0 Å². The average molecular weight is 1320 g/mol. The number of hydrogen-bond acceptors (Lipinski definition) is 18. The van der Waals surface area contributed by atoms with Crippen molar-refractivity contribution in [2.24, 2.45) is 16.2 Å². The van der Waals surface area contributed by atoms with Gasteiger partial charge in [-0.1, -0.05) is 290 Å². The van der Waals surface area contributed by atoms with Crippen molar-refractivity contribution in [3.63, 3.8) is 0 Å². The summed E-state index contributed by atoms with van der Waals surface area (Å²) in [6.45, 7) is 5.66. The van der Waals surface area contributed by atoms with Gasteiger partial charge in [0.1, 0.15) is 0 Å². The van der Waals surface area contributed by atoms with Gasteiger partial charge in [-0.2, -0.15) is 0 Å². The molecule has 0 rings (SSSR count). The number of rotatable bonds is 54. The van der Waals surface area contributed by atoms with Crippen LogP contribution < -0.4 is 44.0 Å². The molecule has 0 aromatic carbocycles. The molecule has 0 unspecified atom stereocenters. The largest absolute Gasteiger partial charge is 6.00 e. The Bertz CT molecular complexity index is 929. The molecular weight excluding hydrogens is 1200 g/mol. The van der Waals surface area contributed by atoms with Gasteiger partial charge >= 0.3 is 21.1 Å². The molecule has 0 aromatic heterocycles. The third kappa shape index (κ3) is 83.3. The normalized spacial score (nSPS) is 11.4. The molecule has 0 bridgehead atoms. The fourth-order valence-electron chi connectivity index (χ4n) is 9.25. The molecule has 0 aliphatic carbocycles. The van der Waals surface area contributed by atoms with Crippen molar-refractivity contribution in [2.45, 2.75) is 310 Å². The van der Waals surface area contributed by atoms with E-state index < -0.39 is 42.1 Å². The van der Waals surface area contributed by atoms with Crippen molar-refractivity contribution in [2.75, 3.05) is 59.5 Å². The molecule has 9 N–H and O–H groups in total. The van der Waals surface area contributed by atoms with Crippen molar-refractivity contribution < 1.29 is 111 Å². The van der Waals surface area contributed by atoms with E-state index in [0.29, 0.717) is 19.3 Å². The van der Waals surface area contributed by atoms with Crippen LogP contribution in [0.2, 0.25) is 0 Å². The first kappa shape index (κ1) is 96.9. The smallest absolute Gasteiger partial charge is 0.854 e. The van der Waals surface area contributed by atoms with E-state index in [0.717, 1.165) is 38.5 Å². The molecule has 0 aliphatic heterocycles. The minimum atomic E-state index is -3.37. The Morgan fingerprint density at radius 2 is 0.280 bits per heavy atom. The molecule has 498 valence electrons. The van der Waals surface area contributed by atoms with E-state index in [9.17, 15) is 46.0 Å². The van der Waals surface area contributed by atoms with E-state index in [-0.39, 0.29) is 80.5 Å². The fourth-order valence-corrected chi connectivity index (χ4v) is 9.25. The van der Waals surface area contributed by atoms with Gasteiger partial charge in [-0.05, 0) is 19.3 Å². The van der Waals surface area contributed by atoms with E-state index in [1.54, 1.807) is 0 Å². The van der Waals surface area contributed by atoms with Crippen LogP contribution in [0.4, 0.5) is 0 Å². The third-order valence-corrected chi connectivity index (χ3v) is 15.2. The van der Waals surface area contributed by atoms with Crippen molar-refractivity contribution in [3.05, 3.63) is 0 Å². The minimum absolute atomic E-state index is 0. The number of unbranched alkanes of at least 4 members (excludes halogenated alkanes) is 39. The average Bonchev–Trinajstić information content (AvgIpc) is 3.45. The second-order valence-electron chi connectivity index (χ2n) is 22.6. The summed E-state index contributed by atoms with van der Waals surface area (Å²) in [5, 5.41) is 83.3. The standard InChI is InChI=1S/3C20H42O3.Mo.3O3P/c3*1-2-3-4-5-6-7-8-9-10-11-12-13-14-15-16-20(17-21,18-22)19-23;;3*1-4(2)3/h3*21-23H,2-19H2,1H3;;;;/q;;;+6;3*-3. The van der Waals surface area contributed by atoms with E-state index in [1.165, 1.54) is 231 Å². The van der Waals surface area contributed by atoms with Crippen molar-refractivity contribution >= 4 is 25.8 Å². The minimum Gasteiger partial charge on any atom is -0.854 e. The molecule has 0 aliphatic rings. The van der Waals surface area contributed by atoms with Crippen molar-refractivity contribution in [3.8, 4) is 0 Å². The van der Waals surface area contributed by atoms with Gasteiger partial charge in [0, 0.05) is 16.2 Å². The van der Waals surface area contributed by atoms with Gasteiger partial charge in [-0.15, -0.1) is 0 Å². The summed E-state index contributed by atoms with van der Waals surface area (Å²) in [7, 11) is -10.1. The Hall–Kier alpha value is 1.26. The van der Waals surface area contributed by atoms with Gasteiger partial charge in [-0.25, -0.2) is 0 Å². The fraction of sp³-hybridized carbons (Fsp3) is 1.00. The Kier molecular flexibility index (Phi) is 94.8. The molecule has 0 atom stereocenters. The number of aliphatic hydroxyl groups is 9. The zero-order valence-electron chi connectivity index (χ0n) is 52.1. The summed E-state index contributed by atoms with van der Waals surface area (Å²) in [5.74, 6) is 0. The van der Waals surface area contributed by atoms with Crippen LogP contribution in [-0.4, -0.2) is 105 Å². The van der Waals surface area contributed by atoms with Gasteiger partial charge < -0.3 is 116 Å². The van der Waals surface area contributed by atoms with Crippen molar-refractivity contribution in [1.82, 2.24) is 0 Å². The van der Waals surface area contributed by atoms with Crippen LogP contribution in [0.15, 0.2) is 0 Å². The Morgan fingerprint density at radius 1 is 0.195 bits per heavy atom. The van der Waals surface area contributed by atoms with E-state index in [1.807, 2.05) is 0 Å². The molecule has 82 heavy (non-hydrogen) atoms. The second kappa shape index (κ2) is 80.3. The zero-order chi connectivity index (χ0) is 62.4. The second-order valence-corrected chi connectivity index (χ2v) is 24.0. The van der Waals surface area contributed by atoms with Gasteiger partial charge in [0.05, 0.1) is 59.5 Å². The predicted octanol–water partition coefficient (Wildman–Crippen LogP) is 6.34. The Balaban J connectivity index is -0.000000185. The predicted molar refractivity (Wildman–Crippen MR) is 317 cm³/mol. The first-order valence-corrected chi connectivity index (χ1v) is 35.1. The SMILES string of the molecule is CCCCCCCCCCCCCCCCC(CO)(CO)CO.CCCCCCCCCCCCCCCCC(CO)(CO)CO.CCCCCCCCCCCCCCCCC(CO)(CO)CO.[Mo+6].[O-]P([O-])[O-].[O-]P([O-])[O-].[O-]P([O-])[O-]. The molecular formula is C60H126MoO18P3-3. The van der Waals surface area contributed by atoms with Crippen LogP contribution in [0.5, 0.6) is 0 Å².